The molecule has 0 spiro atoms. The third kappa shape index (κ3) is 5.05. The molecule has 112 valence electrons. The third-order valence-corrected chi connectivity index (χ3v) is 4.54. The Balaban J connectivity index is 1.87. The molecule has 1 heterocycles. The van der Waals surface area contributed by atoms with Crippen LogP contribution in [0.15, 0.2) is 0 Å². The first kappa shape index (κ1) is 15.3. The summed E-state index contributed by atoms with van der Waals surface area (Å²) in [5.41, 5.74) is 0. The van der Waals surface area contributed by atoms with Crippen molar-refractivity contribution in [1.29, 1.82) is 0 Å². The Morgan fingerprint density at radius 3 is 2.58 bits per heavy atom. The molecule has 1 saturated carbocycles. The van der Waals surface area contributed by atoms with Gasteiger partial charge in [-0.2, -0.15) is 0 Å². The van der Waals surface area contributed by atoms with Crippen LogP contribution in [0.5, 0.6) is 0 Å². The molecule has 19 heavy (non-hydrogen) atoms. The summed E-state index contributed by atoms with van der Waals surface area (Å²) in [5.74, 6) is 1.70. The highest BCUT2D eigenvalue weighted by Crippen LogP contribution is 2.30. The lowest BCUT2D eigenvalue weighted by molar-refractivity contribution is 0.144. The number of nitrogens with one attached hydrogen (secondary N) is 1. The van der Waals surface area contributed by atoms with Gasteiger partial charge in [-0.3, -0.25) is 4.90 Å². The molecule has 3 nitrogen and oxygen atoms in total. The minimum Gasteiger partial charge on any atom is -0.381 e. The van der Waals surface area contributed by atoms with Crippen LogP contribution in [-0.2, 0) is 4.74 Å². The molecular weight excluding hydrogens is 236 g/mol. The highest BCUT2D eigenvalue weighted by atomic mass is 16.5. The predicted molar refractivity (Wildman–Crippen MR) is 80.4 cm³/mol. The van der Waals surface area contributed by atoms with E-state index in [1.165, 1.54) is 38.8 Å². The molecular formula is C16H32N2O. The van der Waals surface area contributed by atoms with Crippen molar-refractivity contribution < 1.29 is 4.74 Å². The second-order valence-electron chi connectivity index (χ2n) is 6.68. The maximum absolute atomic E-state index is 5.60. The van der Waals surface area contributed by atoms with E-state index >= 15 is 0 Å². The van der Waals surface area contributed by atoms with Crippen LogP contribution < -0.4 is 5.32 Å². The Morgan fingerprint density at radius 1 is 1.26 bits per heavy atom. The Hall–Kier alpha value is -0.120. The smallest absolute Gasteiger partial charge is 0.0510 e. The van der Waals surface area contributed by atoms with Gasteiger partial charge >= 0.3 is 0 Å². The van der Waals surface area contributed by atoms with Gasteiger partial charge in [0.25, 0.3) is 0 Å². The first-order valence-electron chi connectivity index (χ1n) is 8.25. The van der Waals surface area contributed by atoms with Crippen LogP contribution >= 0.6 is 0 Å². The second-order valence-corrected chi connectivity index (χ2v) is 6.68. The van der Waals surface area contributed by atoms with Gasteiger partial charge in [-0.05, 0) is 52.0 Å². The Kier molecular flexibility index (Phi) is 6.11. The maximum atomic E-state index is 5.60. The Bertz CT molecular complexity index is 247. The zero-order valence-corrected chi connectivity index (χ0v) is 13.0. The fraction of sp³-hybridized carbons (Fsp3) is 1.00. The number of ether oxygens (including phenoxy) is 1. The summed E-state index contributed by atoms with van der Waals surface area (Å²) in [6.07, 6.45) is 5.34. The molecule has 2 fully saturated rings. The molecule has 2 unspecified atom stereocenters. The quantitative estimate of drug-likeness (QED) is 0.695. The second kappa shape index (κ2) is 7.61. The van der Waals surface area contributed by atoms with E-state index in [1.54, 1.807) is 0 Å². The average Bonchev–Trinajstić information content (AvgIpc) is 3.04. The van der Waals surface area contributed by atoms with E-state index in [-0.39, 0.29) is 0 Å². The highest BCUT2D eigenvalue weighted by Gasteiger charge is 2.30. The molecule has 0 aromatic heterocycles. The summed E-state index contributed by atoms with van der Waals surface area (Å²) < 4.78 is 5.60. The van der Waals surface area contributed by atoms with Crippen molar-refractivity contribution in [1.82, 2.24) is 10.2 Å². The molecule has 0 aromatic carbocycles. The molecule has 2 aliphatic rings. The first-order chi connectivity index (χ1) is 9.20. The van der Waals surface area contributed by atoms with Crippen LogP contribution in [-0.4, -0.2) is 49.8 Å². The van der Waals surface area contributed by atoms with Gasteiger partial charge in [0.15, 0.2) is 0 Å². The summed E-state index contributed by atoms with van der Waals surface area (Å²) in [6, 6.07) is 1.28. The van der Waals surface area contributed by atoms with Gasteiger partial charge in [0.2, 0.25) is 0 Å². The summed E-state index contributed by atoms with van der Waals surface area (Å²) >= 11 is 0. The van der Waals surface area contributed by atoms with E-state index in [1.807, 2.05) is 0 Å². The SMILES string of the molecule is CCCNC(CN(CC1CC1)C(C)C)C1CCOC1. The molecule has 1 N–H and O–H groups in total. The molecule has 0 aromatic rings. The predicted octanol–water partition coefficient (Wildman–Crippen LogP) is 2.51. The fourth-order valence-electron chi connectivity index (χ4n) is 2.96. The van der Waals surface area contributed by atoms with E-state index in [0.717, 1.165) is 25.7 Å². The Morgan fingerprint density at radius 2 is 2.05 bits per heavy atom. The van der Waals surface area contributed by atoms with Crippen molar-refractivity contribution in [3.8, 4) is 0 Å². The molecule has 3 heteroatoms. The topological polar surface area (TPSA) is 24.5 Å². The zero-order chi connectivity index (χ0) is 13.7. The van der Waals surface area contributed by atoms with Crippen LogP contribution in [0.4, 0.5) is 0 Å². The maximum Gasteiger partial charge on any atom is 0.0510 e. The molecule has 2 rings (SSSR count). The van der Waals surface area contributed by atoms with Gasteiger partial charge in [0.1, 0.15) is 0 Å². The van der Waals surface area contributed by atoms with Gasteiger partial charge in [0, 0.05) is 37.7 Å². The van der Waals surface area contributed by atoms with Gasteiger partial charge in [-0.25, -0.2) is 0 Å². The lowest BCUT2D eigenvalue weighted by Crippen LogP contribution is -2.48. The average molecular weight is 268 g/mol. The van der Waals surface area contributed by atoms with Crippen molar-refractivity contribution in [2.75, 3.05) is 32.8 Å². The van der Waals surface area contributed by atoms with E-state index in [2.05, 4.69) is 31.0 Å². The summed E-state index contributed by atoms with van der Waals surface area (Å²) in [5, 5.41) is 3.77. The number of hydrogen-bond donors (Lipinski definition) is 1. The van der Waals surface area contributed by atoms with Crippen molar-refractivity contribution in [3.63, 3.8) is 0 Å². The molecule has 1 aliphatic heterocycles. The number of hydrogen-bond acceptors (Lipinski definition) is 3. The largest absolute Gasteiger partial charge is 0.381 e. The van der Waals surface area contributed by atoms with Gasteiger partial charge < -0.3 is 10.1 Å². The van der Waals surface area contributed by atoms with Crippen molar-refractivity contribution in [3.05, 3.63) is 0 Å². The minimum absolute atomic E-state index is 0.614. The summed E-state index contributed by atoms with van der Waals surface area (Å²) in [4.78, 5) is 2.68. The van der Waals surface area contributed by atoms with E-state index < -0.39 is 0 Å². The van der Waals surface area contributed by atoms with Gasteiger partial charge in [-0.1, -0.05) is 6.92 Å². The van der Waals surface area contributed by atoms with Crippen LogP contribution in [0.3, 0.4) is 0 Å². The van der Waals surface area contributed by atoms with Crippen molar-refractivity contribution in [2.24, 2.45) is 11.8 Å². The van der Waals surface area contributed by atoms with E-state index in [9.17, 15) is 0 Å². The third-order valence-electron chi connectivity index (χ3n) is 4.54. The Labute approximate surface area is 119 Å². The first-order valence-corrected chi connectivity index (χ1v) is 8.25. The van der Waals surface area contributed by atoms with Crippen LogP contribution in [0.2, 0.25) is 0 Å². The molecule has 1 aliphatic carbocycles. The zero-order valence-electron chi connectivity index (χ0n) is 13.0. The lowest BCUT2D eigenvalue weighted by atomic mass is 9.97. The summed E-state index contributed by atoms with van der Waals surface area (Å²) in [7, 11) is 0. The molecule has 0 radical (unpaired) electrons. The number of nitrogens with zero attached hydrogens (tertiary/aromatic N) is 1. The fourth-order valence-corrected chi connectivity index (χ4v) is 2.96. The molecule has 0 bridgehead atoms. The van der Waals surface area contributed by atoms with E-state index in [4.69, 9.17) is 4.74 Å². The number of rotatable bonds is 9. The minimum atomic E-state index is 0.614. The van der Waals surface area contributed by atoms with E-state index in [0.29, 0.717) is 18.0 Å². The van der Waals surface area contributed by atoms with Gasteiger partial charge in [0.05, 0.1) is 6.61 Å². The van der Waals surface area contributed by atoms with Gasteiger partial charge in [-0.15, -0.1) is 0 Å². The van der Waals surface area contributed by atoms with Crippen molar-refractivity contribution >= 4 is 0 Å². The molecule has 1 saturated heterocycles. The summed E-state index contributed by atoms with van der Waals surface area (Å²) in [6.45, 7) is 12.5. The van der Waals surface area contributed by atoms with Crippen LogP contribution in [0.1, 0.15) is 46.5 Å². The lowest BCUT2D eigenvalue weighted by Gasteiger charge is -2.33. The normalized spacial score (nSPS) is 25.4. The standard InChI is InChI=1S/C16H32N2O/c1-4-8-17-16(15-7-9-19-12-15)11-18(13(2)3)10-14-5-6-14/h13-17H,4-12H2,1-3H3. The van der Waals surface area contributed by atoms with Crippen molar-refractivity contribution in [2.45, 2.75) is 58.5 Å². The monoisotopic (exact) mass is 268 g/mol. The van der Waals surface area contributed by atoms with Crippen LogP contribution in [0.25, 0.3) is 0 Å². The molecule has 2 atom stereocenters. The highest BCUT2D eigenvalue weighted by molar-refractivity contribution is 4.86. The molecule has 0 amide bonds. The van der Waals surface area contributed by atoms with Crippen LogP contribution in [0, 0.1) is 11.8 Å².